The van der Waals surface area contributed by atoms with Crippen LogP contribution in [0.1, 0.15) is 5.56 Å². The minimum absolute atomic E-state index is 0.189. The number of para-hydroxylation sites is 1. The zero-order valence-electron chi connectivity index (χ0n) is 14.1. The second-order valence-corrected chi connectivity index (χ2v) is 6.91. The van der Waals surface area contributed by atoms with Crippen LogP contribution in [-0.2, 0) is 9.53 Å². The lowest BCUT2D eigenvalue weighted by atomic mass is 10.2. The standard InChI is InChI=1S/C20H18N2O3S/c23-19-18(26-20(21-19)22-9-11-24-12-10-22)14-15-5-4-8-17(13-15)25-16-6-2-1-3-7-16/h1-8,13-14H,9-12H2. The van der Waals surface area contributed by atoms with E-state index in [0.29, 0.717) is 18.1 Å². The van der Waals surface area contributed by atoms with Crippen LogP contribution in [0.3, 0.4) is 0 Å². The Morgan fingerprint density at radius 3 is 2.62 bits per heavy atom. The Balaban J connectivity index is 1.48. The van der Waals surface area contributed by atoms with Gasteiger partial charge in [0.2, 0.25) is 0 Å². The van der Waals surface area contributed by atoms with Gasteiger partial charge in [0.25, 0.3) is 5.91 Å². The number of aliphatic imine (C=N–C) groups is 1. The summed E-state index contributed by atoms with van der Waals surface area (Å²) in [4.78, 5) is 19.2. The van der Waals surface area contributed by atoms with E-state index in [1.807, 2.05) is 60.7 Å². The third-order valence-corrected chi connectivity index (χ3v) is 5.07. The zero-order chi connectivity index (χ0) is 17.8. The number of carbonyl (C=O) groups excluding carboxylic acids is 1. The van der Waals surface area contributed by atoms with Crippen LogP contribution >= 0.6 is 11.8 Å². The van der Waals surface area contributed by atoms with E-state index in [4.69, 9.17) is 9.47 Å². The molecule has 0 unspecified atom stereocenters. The van der Waals surface area contributed by atoms with Crippen molar-refractivity contribution in [3.63, 3.8) is 0 Å². The van der Waals surface area contributed by atoms with Crippen LogP contribution in [0.25, 0.3) is 6.08 Å². The first-order valence-corrected chi connectivity index (χ1v) is 9.28. The van der Waals surface area contributed by atoms with Gasteiger partial charge < -0.3 is 14.4 Å². The Kier molecular flexibility index (Phi) is 5.04. The fourth-order valence-electron chi connectivity index (χ4n) is 2.73. The van der Waals surface area contributed by atoms with E-state index in [-0.39, 0.29) is 5.91 Å². The number of benzene rings is 2. The number of carbonyl (C=O) groups is 1. The summed E-state index contributed by atoms with van der Waals surface area (Å²) in [5.41, 5.74) is 0.910. The van der Waals surface area contributed by atoms with Gasteiger partial charge in [-0.3, -0.25) is 4.79 Å². The van der Waals surface area contributed by atoms with Crippen molar-refractivity contribution in [3.05, 3.63) is 65.1 Å². The summed E-state index contributed by atoms with van der Waals surface area (Å²) >= 11 is 1.42. The number of nitrogens with zero attached hydrogens (tertiary/aromatic N) is 2. The van der Waals surface area contributed by atoms with Gasteiger partial charge in [-0.05, 0) is 47.7 Å². The van der Waals surface area contributed by atoms with Crippen molar-refractivity contribution in [2.24, 2.45) is 4.99 Å². The summed E-state index contributed by atoms with van der Waals surface area (Å²) in [6.07, 6.45) is 1.86. The summed E-state index contributed by atoms with van der Waals surface area (Å²) in [6, 6.07) is 17.3. The first kappa shape index (κ1) is 16.9. The Morgan fingerprint density at radius 2 is 1.81 bits per heavy atom. The van der Waals surface area contributed by atoms with Gasteiger partial charge in [0.05, 0.1) is 18.1 Å². The first-order valence-electron chi connectivity index (χ1n) is 8.46. The van der Waals surface area contributed by atoms with Crippen LogP contribution < -0.4 is 4.74 Å². The second kappa shape index (κ2) is 7.76. The number of thioether (sulfide) groups is 1. The smallest absolute Gasteiger partial charge is 0.286 e. The third-order valence-electron chi connectivity index (χ3n) is 4.03. The van der Waals surface area contributed by atoms with Gasteiger partial charge in [-0.25, -0.2) is 0 Å². The third kappa shape index (κ3) is 3.98. The van der Waals surface area contributed by atoms with Gasteiger partial charge in [-0.15, -0.1) is 0 Å². The van der Waals surface area contributed by atoms with E-state index in [9.17, 15) is 4.79 Å². The summed E-state index contributed by atoms with van der Waals surface area (Å²) in [5, 5.41) is 0.765. The molecule has 2 aliphatic rings. The van der Waals surface area contributed by atoms with Crippen molar-refractivity contribution in [3.8, 4) is 11.5 Å². The van der Waals surface area contributed by atoms with E-state index in [2.05, 4.69) is 9.89 Å². The van der Waals surface area contributed by atoms with Crippen molar-refractivity contribution in [2.75, 3.05) is 26.3 Å². The Bertz CT molecular complexity index is 858. The number of hydrogen-bond donors (Lipinski definition) is 0. The number of amidine groups is 1. The quantitative estimate of drug-likeness (QED) is 0.774. The fourth-order valence-corrected chi connectivity index (χ4v) is 3.70. The molecule has 0 atom stereocenters. The average Bonchev–Trinajstić information content (AvgIpc) is 3.04. The van der Waals surface area contributed by atoms with Crippen molar-refractivity contribution < 1.29 is 14.3 Å². The van der Waals surface area contributed by atoms with Crippen LogP contribution in [0.2, 0.25) is 0 Å². The number of ether oxygens (including phenoxy) is 2. The molecule has 0 aromatic heterocycles. The highest BCUT2D eigenvalue weighted by Crippen LogP contribution is 2.31. The van der Waals surface area contributed by atoms with Crippen molar-refractivity contribution >= 4 is 28.9 Å². The molecule has 0 saturated carbocycles. The topological polar surface area (TPSA) is 51.1 Å². The molecule has 1 saturated heterocycles. The summed E-state index contributed by atoms with van der Waals surface area (Å²) in [6.45, 7) is 2.89. The molecule has 0 aliphatic carbocycles. The van der Waals surface area contributed by atoms with Gasteiger partial charge in [0, 0.05) is 13.1 Å². The Hall–Kier alpha value is -2.57. The number of amides is 1. The maximum absolute atomic E-state index is 12.2. The molecule has 5 nitrogen and oxygen atoms in total. The molecule has 2 aliphatic heterocycles. The highest BCUT2D eigenvalue weighted by molar-refractivity contribution is 8.18. The van der Waals surface area contributed by atoms with Crippen molar-refractivity contribution in [1.29, 1.82) is 0 Å². The number of hydrogen-bond acceptors (Lipinski definition) is 5. The highest BCUT2D eigenvalue weighted by Gasteiger charge is 2.27. The van der Waals surface area contributed by atoms with Gasteiger partial charge in [-0.2, -0.15) is 4.99 Å². The molecule has 0 N–H and O–H groups in total. The lowest BCUT2D eigenvalue weighted by molar-refractivity contribution is -0.113. The van der Waals surface area contributed by atoms with Gasteiger partial charge in [0.15, 0.2) is 5.17 Å². The molecule has 2 aromatic carbocycles. The molecular formula is C20H18N2O3S. The van der Waals surface area contributed by atoms with Crippen LogP contribution in [0.15, 0.2) is 64.5 Å². The first-order chi connectivity index (χ1) is 12.8. The van der Waals surface area contributed by atoms with Crippen LogP contribution in [0.4, 0.5) is 0 Å². The van der Waals surface area contributed by atoms with E-state index >= 15 is 0 Å². The normalized spacial score (nSPS) is 18.9. The predicted octanol–water partition coefficient (Wildman–Crippen LogP) is 3.78. The maximum atomic E-state index is 12.2. The summed E-state index contributed by atoms with van der Waals surface area (Å²) < 4.78 is 11.2. The van der Waals surface area contributed by atoms with Crippen LogP contribution in [-0.4, -0.2) is 42.3 Å². The SMILES string of the molecule is O=C1N=C(N2CCOCC2)SC1=Cc1cccc(Oc2ccccc2)c1. The van der Waals surface area contributed by atoms with Crippen LogP contribution in [0.5, 0.6) is 11.5 Å². The second-order valence-electron chi connectivity index (χ2n) is 5.90. The maximum Gasteiger partial charge on any atom is 0.286 e. The molecule has 4 rings (SSSR count). The van der Waals surface area contributed by atoms with Crippen molar-refractivity contribution in [2.45, 2.75) is 0 Å². The largest absolute Gasteiger partial charge is 0.457 e. The van der Waals surface area contributed by atoms with Gasteiger partial charge in [0.1, 0.15) is 11.5 Å². The molecular weight excluding hydrogens is 348 g/mol. The Morgan fingerprint density at radius 1 is 1.04 bits per heavy atom. The Labute approximate surface area is 156 Å². The fraction of sp³-hybridized carbons (Fsp3) is 0.200. The number of rotatable bonds is 3. The molecule has 2 aromatic rings. The van der Waals surface area contributed by atoms with Crippen LogP contribution in [0, 0.1) is 0 Å². The summed E-state index contributed by atoms with van der Waals surface area (Å²) in [5.74, 6) is 1.32. The minimum Gasteiger partial charge on any atom is -0.457 e. The average molecular weight is 366 g/mol. The lowest BCUT2D eigenvalue weighted by Gasteiger charge is -2.27. The minimum atomic E-state index is -0.189. The molecule has 0 bridgehead atoms. The molecule has 1 amide bonds. The highest BCUT2D eigenvalue weighted by atomic mass is 32.2. The van der Waals surface area contributed by atoms with E-state index < -0.39 is 0 Å². The van der Waals surface area contributed by atoms with Crippen molar-refractivity contribution in [1.82, 2.24) is 4.90 Å². The molecule has 6 heteroatoms. The zero-order valence-corrected chi connectivity index (χ0v) is 14.9. The predicted molar refractivity (Wildman–Crippen MR) is 103 cm³/mol. The van der Waals surface area contributed by atoms with Gasteiger partial charge >= 0.3 is 0 Å². The van der Waals surface area contributed by atoms with E-state index in [0.717, 1.165) is 35.3 Å². The number of morpholine rings is 1. The molecule has 0 spiro atoms. The molecule has 132 valence electrons. The van der Waals surface area contributed by atoms with E-state index in [1.54, 1.807) is 0 Å². The lowest BCUT2D eigenvalue weighted by Crippen LogP contribution is -2.38. The summed E-state index contributed by atoms with van der Waals surface area (Å²) in [7, 11) is 0. The molecule has 2 heterocycles. The van der Waals surface area contributed by atoms with Gasteiger partial charge in [-0.1, -0.05) is 30.3 Å². The van der Waals surface area contributed by atoms with E-state index in [1.165, 1.54) is 11.8 Å². The monoisotopic (exact) mass is 366 g/mol. The molecule has 26 heavy (non-hydrogen) atoms. The molecule has 1 fully saturated rings. The molecule has 0 radical (unpaired) electrons.